The highest BCUT2D eigenvalue weighted by Gasteiger charge is 1.82. The predicted octanol–water partition coefficient (Wildman–Crippen LogP) is 1.87. The van der Waals surface area contributed by atoms with Crippen LogP contribution in [0.5, 0.6) is 0 Å². The third-order valence-corrected chi connectivity index (χ3v) is 0.973. The minimum atomic E-state index is 0.693. The van der Waals surface area contributed by atoms with Crippen molar-refractivity contribution >= 4 is 34.5 Å². The molecule has 44 valence electrons. The van der Waals surface area contributed by atoms with Gasteiger partial charge in [-0.3, -0.25) is 0 Å². The maximum Gasteiger partial charge on any atom is 0.0585 e. The molecule has 0 aromatic heterocycles. The van der Waals surface area contributed by atoms with E-state index in [2.05, 4.69) is 22.4 Å². The number of rotatable bonds is 3. The standard InChI is InChI=1S/C5H7NS2/c1-5(8)2-3-6-4-7/h2-3H2,1H3. The van der Waals surface area contributed by atoms with E-state index >= 15 is 0 Å². The Morgan fingerprint density at radius 1 is 1.75 bits per heavy atom. The van der Waals surface area contributed by atoms with Crippen molar-refractivity contribution in [3.05, 3.63) is 0 Å². The van der Waals surface area contributed by atoms with E-state index in [1.54, 1.807) is 0 Å². The minimum absolute atomic E-state index is 0.693. The largest absolute Gasteiger partial charge is 0.232 e. The van der Waals surface area contributed by atoms with Crippen LogP contribution in [0.1, 0.15) is 13.3 Å². The first-order valence-electron chi connectivity index (χ1n) is 2.30. The summed E-state index contributed by atoms with van der Waals surface area (Å²) in [5.74, 6) is 0. The van der Waals surface area contributed by atoms with Crippen LogP contribution in [-0.4, -0.2) is 16.6 Å². The highest BCUT2D eigenvalue weighted by atomic mass is 32.1. The van der Waals surface area contributed by atoms with Gasteiger partial charge in [0, 0.05) is 0 Å². The molecule has 0 aromatic rings. The zero-order valence-corrected chi connectivity index (χ0v) is 6.31. The first-order chi connectivity index (χ1) is 3.77. The fourth-order valence-electron chi connectivity index (χ4n) is 0.259. The molecule has 0 aliphatic rings. The summed E-state index contributed by atoms with van der Waals surface area (Å²) in [6, 6.07) is 0. The molecule has 0 rings (SSSR count). The summed E-state index contributed by atoms with van der Waals surface area (Å²) < 4.78 is 0. The second-order valence-corrected chi connectivity index (χ2v) is 2.30. The first-order valence-corrected chi connectivity index (χ1v) is 3.12. The maximum absolute atomic E-state index is 4.79. The Balaban J connectivity index is 3.18. The molecular weight excluding hydrogens is 138 g/mol. The smallest absolute Gasteiger partial charge is 0.0585 e. The molecular formula is C5H7NS2. The van der Waals surface area contributed by atoms with E-state index < -0.39 is 0 Å². The molecule has 3 heteroatoms. The number of aliphatic imine (C=N–C) groups is 1. The molecule has 0 spiro atoms. The van der Waals surface area contributed by atoms with Crippen LogP contribution in [0, 0.1) is 0 Å². The lowest BCUT2D eigenvalue weighted by atomic mass is 10.3. The topological polar surface area (TPSA) is 12.4 Å². The number of hydrogen-bond acceptors (Lipinski definition) is 3. The van der Waals surface area contributed by atoms with E-state index in [4.69, 9.17) is 12.2 Å². The third kappa shape index (κ3) is 5.89. The molecule has 0 saturated heterocycles. The van der Waals surface area contributed by atoms with Gasteiger partial charge in [0.1, 0.15) is 0 Å². The molecule has 0 saturated carbocycles. The average Bonchev–Trinajstić information content (AvgIpc) is 1.66. The lowest BCUT2D eigenvalue weighted by Crippen LogP contribution is -1.88. The summed E-state index contributed by atoms with van der Waals surface area (Å²) in [4.78, 5) is 4.66. The lowest BCUT2D eigenvalue weighted by Gasteiger charge is -1.85. The minimum Gasteiger partial charge on any atom is -0.232 e. The Morgan fingerprint density at radius 3 is 2.75 bits per heavy atom. The number of isothiocyanates is 1. The normalized spacial score (nSPS) is 7.62. The van der Waals surface area contributed by atoms with Gasteiger partial charge in [-0.2, -0.15) is 0 Å². The van der Waals surface area contributed by atoms with Crippen molar-refractivity contribution in [2.24, 2.45) is 4.99 Å². The Morgan fingerprint density at radius 2 is 2.38 bits per heavy atom. The molecule has 0 amide bonds. The van der Waals surface area contributed by atoms with Crippen LogP contribution in [-0.2, 0) is 0 Å². The summed E-state index contributed by atoms with van der Waals surface area (Å²) in [6.45, 7) is 2.59. The van der Waals surface area contributed by atoms with Gasteiger partial charge in [0.25, 0.3) is 0 Å². The van der Waals surface area contributed by atoms with Gasteiger partial charge in [0.15, 0.2) is 0 Å². The molecule has 0 aliphatic heterocycles. The van der Waals surface area contributed by atoms with E-state index in [9.17, 15) is 0 Å². The van der Waals surface area contributed by atoms with E-state index in [0.29, 0.717) is 6.54 Å². The Kier molecular flexibility index (Phi) is 4.97. The van der Waals surface area contributed by atoms with Crippen molar-refractivity contribution in [3.63, 3.8) is 0 Å². The fourth-order valence-corrected chi connectivity index (χ4v) is 0.442. The van der Waals surface area contributed by atoms with Gasteiger partial charge in [-0.05, 0) is 30.4 Å². The van der Waals surface area contributed by atoms with Gasteiger partial charge in [0.2, 0.25) is 0 Å². The molecule has 0 fully saturated rings. The summed E-state index contributed by atoms with van der Waals surface area (Å²) in [5, 5.41) is 2.27. The highest BCUT2D eigenvalue weighted by Crippen LogP contribution is 1.83. The molecule has 8 heavy (non-hydrogen) atoms. The molecule has 1 nitrogen and oxygen atoms in total. The lowest BCUT2D eigenvalue weighted by molar-refractivity contribution is 1.06. The number of hydrogen-bond donors (Lipinski definition) is 0. The highest BCUT2D eigenvalue weighted by molar-refractivity contribution is 7.80. The predicted molar refractivity (Wildman–Crippen MR) is 42.8 cm³/mol. The van der Waals surface area contributed by atoms with Crippen LogP contribution in [0.3, 0.4) is 0 Å². The SMILES string of the molecule is CC(=S)CCN=C=S. The van der Waals surface area contributed by atoms with Crippen LogP contribution in [0.25, 0.3) is 0 Å². The van der Waals surface area contributed by atoms with E-state index in [1.807, 2.05) is 6.92 Å². The molecule has 0 unspecified atom stereocenters. The van der Waals surface area contributed by atoms with Crippen molar-refractivity contribution in [3.8, 4) is 0 Å². The second kappa shape index (κ2) is 5.04. The van der Waals surface area contributed by atoms with Crippen LogP contribution in [0.15, 0.2) is 4.99 Å². The summed E-state index contributed by atoms with van der Waals surface area (Å²) in [7, 11) is 0. The van der Waals surface area contributed by atoms with Gasteiger partial charge in [-0.1, -0.05) is 12.2 Å². The van der Waals surface area contributed by atoms with E-state index in [0.717, 1.165) is 11.3 Å². The Hall–Kier alpha value is -0.110. The van der Waals surface area contributed by atoms with Crippen molar-refractivity contribution in [2.45, 2.75) is 13.3 Å². The number of nitrogens with zero attached hydrogens (tertiary/aromatic N) is 1. The first kappa shape index (κ1) is 7.89. The Bertz CT molecular complexity index is 122. The van der Waals surface area contributed by atoms with Gasteiger partial charge in [-0.25, -0.2) is 4.99 Å². The Labute approximate surface area is 59.8 Å². The molecule has 0 heterocycles. The molecule has 0 radical (unpaired) electrons. The zero-order valence-electron chi connectivity index (χ0n) is 4.68. The molecule has 0 N–H and O–H groups in total. The summed E-state index contributed by atoms with van der Waals surface area (Å²) in [6.07, 6.45) is 0.846. The van der Waals surface area contributed by atoms with Gasteiger partial charge in [-0.15, -0.1) is 0 Å². The molecule has 0 aliphatic carbocycles. The molecule has 0 aromatic carbocycles. The third-order valence-electron chi connectivity index (χ3n) is 0.640. The molecule has 0 atom stereocenters. The van der Waals surface area contributed by atoms with E-state index in [-0.39, 0.29) is 0 Å². The summed E-state index contributed by atoms with van der Waals surface area (Å²) in [5.41, 5.74) is 0. The average molecular weight is 145 g/mol. The zero-order chi connectivity index (χ0) is 6.41. The van der Waals surface area contributed by atoms with E-state index in [1.165, 1.54) is 0 Å². The monoisotopic (exact) mass is 145 g/mol. The van der Waals surface area contributed by atoms with Gasteiger partial charge < -0.3 is 0 Å². The quantitative estimate of drug-likeness (QED) is 0.444. The van der Waals surface area contributed by atoms with Crippen molar-refractivity contribution in [1.29, 1.82) is 0 Å². The number of thiocarbonyl (C=S) groups is 2. The van der Waals surface area contributed by atoms with Gasteiger partial charge in [0.05, 0.1) is 11.7 Å². The van der Waals surface area contributed by atoms with Crippen LogP contribution in [0.2, 0.25) is 0 Å². The second-order valence-electron chi connectivity index (χ2n) is 1.43. The van der Waals surface area contributed by atoms with Crippen molar-refractivity contribution < 1.29 is 0 Å². The molecule has 0 bridgehead atoms. The fraction of sp³-hybridized carbons (Fsp3) is 0.600. The maximum atomic E-state index is 4.79. The summed E-state index contributed by atoms with van der Waals surface area (Å²) >= 11 is 9.13. The van der Waals surface area contributed by atoms with Gasteiger partial charge >= 0.3 is 0 Å². The van der Waals surface area contributed by atoms with Crippen molar-refractivity contribution in [2.75, 3.05) is 6.54 Å². The van der Waals surface area contributed by atoms with Crippen LogP contribution >= 0.6 is 24.4 Å². The van der Waals surface area contributed by atoms with Crippen LogP contribution in [0.4, 0.5) is 0 Å². The van der Waals surface area contributed by atoms with Crippen molar-refractivity contribution in [1.82, 2.24) is 0 Å². The van der Waals surface area contributed by atoms with Crippen LogP contribution < -0.4 is 0 Å².